The van der Waals surface area contributed by atoms with E-state index in [4.69, 9.17) is 4.74 Å². The summed E-state index contributed by atoms with van der Waals surface area (Å²) in [5, 5.41) is 5.64. The molecule has 0 radical (unpaired) electrons. The smallest absolute Gasteiger partial charge is 0.242 e. The van der Waals surface area contributed by atoms with Gasteiger partial charge in [-0.3, -0.25) is 9.59 Å². The van der Waals surface area contributed by atoms with Crippen LogP contribution in [0.5, 0.6) is 5.75 Å². The third-order valence-corrected chi connectivity index (χ3v) is 3.67. The van der Waals surface area contributed by atoms with Crippen LogP contribution in [0, 0.1) is 0 Å². The topological polar surface area (TPSA) is 67.4 Å². The number of carbonyl (C=O) groups excluding carboxylic acids is 2. The lowest BCUT2D eigenvalue weighted by atomic mass is 10.1. The number of nitrogens with one attached hydrogen (secondary N) is 2. The summed E-state index contributed by atoms with van der Waals surface area (Å²) in [6.07, 6.45) is 3.70. The molecule has 1 aromatic rings. The lowest BCUT2D eigenvalue weighted by Gasteiger charge is -2.15. The van der Waals surface area contributed by atoms with E-state index in [0.29, 0.717) is 19.4 Å². The molecular formula is C16H22N2O3. The number of methoxy groups -OCH3 is 1. The van der Waals surface area contributed by atoms with Crippen molar-refractivity contribution in [2.24, 2.45) is 0 Å². The van der Waals surface area contributed by atoms with Gasteiger partial charge in [-0.05, 0) is 43.4 Å². The maximum Gasteiger partial charge on any atom is 0.242 e. The molecule has 1 saturated heterocycles. The molecule has 114 valence electrons. The summed E-state index contributed by atoms with van der Waals surface area (Å²) < 4.78 is 5.10. The van der Waals surface area contributed by atoms with Crippen LogP contribution in [0.2, 0.25) is 0 Å². The van der Waals surface area contributed by atoms with Crippen LogP contribution < -0.4 is 15.4 Å². The van der Waals surface area contributed by atoms with Gasteiger partial charge in [0.25, 0.3) is 0 Å². The lowest BCUT2D eigenvalue weighted by molar-refractivity contribution is -0.128. The molecule has 5 nitrogen and oxygen atoms in total. The molecule has 1 atom stereocenters. The average molecular weight is 290 g/mol. The monoisotopic (exact) mass is 290 g/mol. The normalized spacial score (nSPS) is 18.5. The van der Waals surface area contributed by atoms with Crippen molar-refractivity contribution < 1.29 is 14.3 Å². The van der Waals surface area contributed by atoms with E-state index in [0.717, 1.165) is 30.6 Å². The van der Waals surface area contributed by atoms with Crippen molar-refractivity contribution >= 4 is 11.8 Å². The molecule has 0 spiro atoms. The van der Waals surface area contributed by atoms with Crippen LogP contribution in [0.15, 0.2) is 24.3 Å². The molecule has 0 bridgehead atoms. The molecule has 1 unspecified atom stereocenters. The fourth-order valence-corrected chi connectivity index (χ4v) is 2.39. The maximum absolute atomic E-state index is 11.9. The molecule has 21 heavy (non-hydrogen) atoms. The Hall–Kier alpha value is -2.04. The van der Waals surface area contributed by atoms with Crippen LogP contribution in [-0.2, 0) is 16.0 Å². The first-order valence-corrected chi connectivity index (χ1v) is 7.39. The number of amides is 2. The number of rotatable bonds is 5. The van der Waals surface area contributed by atoms with E-state index < -0.39 is 0 Å². The van der Waals surface area contributed by atoms with Crippen LogP contribution in [0.4, 0.5) is 0 Å². The molecule has 2 amide bonds. The molecule has 1 aliphatic rings. The van der Waals surface area contributed by atoms with Crippen molar-refractivity contribution in [2.45, 2.75) is 38.1 Å². The highest BCUT2D eigenvalue weighted by molar-refractivity contribution is 5.87. The van der Waals surface area contributed by atoms with Gasteiger partial charge in [0.05, 0.1) is 7.11 Å². The molecule has 1 aliphatic heterocycles. The molecule has 1 aromatic carbocycles. The largest absolute Gasteiger partial charge is 0.497 e. The van der Waals surface area contributed by atoms with Gasteiger partial charge in [0.2, 0.25) is 11.8 Å². The van der Waals surface area contributed by atoms with Gasteiger partial charge in [0.15, 0.2) is 0 Å². The first-order valence-electron chi connectivity index (χ1n) is 7.39. The number of carbonyl (C=O) groups is 2. The zero-order valence-electron chi connectivity index (χ0n) is 12.4. The van der Waals surface area contributed by atoms with Gasteiger partial charge in [0.1, 0.15) is 11.8 Å². The molecule has 2 N–H and O–H groups in total. The van der Waals surface area contributed by atoms with Crippen LogP contribution in [-0.4, -0.2) is 31.5 Å². The number of benzene rings is 1. The molecule has 1 fully saturated rings. The minimum atomic E-state index is -0.379. The fraction of sp³-hybridized carbons (Fsp3) is 0.500. The molecule has 0 saturated carbocycles. The van der Waals surface area contributed by atoms with Gasteiger partial charge in [-0.1, -0.05) is 12.1 Å². The van der Waals surface area contributed by atoms with Crippen LogP contribution in [0.1, 0.15) is 31.2 Å². The van der Waals surface area contributed by atoms with Gasteiger partial charge in [-0.2, -0.15) is 0 Å². The van der Waals surface area contributed by atoms with E-state index in [1.165, 1.54) is 0 Å². The maximum atomic E-state index is 11.9. The van der Waals surface area contributed by atoms with E-state index in [1.807, 2.05) is 24.3 Å². The Morgan fingerprint density at radius 3 is 2.81 bits per heavy atom. The van der Waals surface area contributed by atoms with Crippen LogP contribution >= 0.6 is 0 Å². The molecule has 5 heteroatoms. The Labute approximate surface area is 125 Å². The predicted octanol–water partition coefficient (Wildman–Crippen LogP) is 1.41. The second-order valence-electron chi connectivity index (χ2n) is 5.25. The summed E-state index contributed by atoms with van der Waals surface area (Å²) in [5.74, 6) is 0.663. The lowest BCUT2D eigenvalue weighted by Crippen LogP contribution is -2.45. The second-order valence-corrected chi connectivity index (χ2v) is 5.25. The van der Waals surface area contributed by atoms with Crippen molar-refractivity contribution in [3.8, 4) is 5.75 Å². The third kappa shape index (κ3) is 4.77. The van der Waals surface area contributed by atoms with Gasteiger partial charge in [-0.15, -0.1) is 0 Å². The van der Waals surface area contributed by atoms with Gasteiger partial charge in [-0.25, -0.2) is 0 Å². The summed E-state index contributed by atoms with van der Waals surface area (Å²) in [6, 6.07) is 7.28. The van der Waals surface area contributed by atoms with Crippen molar-refractivity contribution in [3.05, 3.63) is 29.8 Å². The molecule has 0 aliphatic carbocycles. The molecule has 1 heterocycles. The highest BCUT2D eigenvalue weighted by Crippen LogP contribution is 2.13. The van der Waals surface area contributed by atoms with Crippen molar-refractivity contribution in [1.29, 1.82) is 0 Å². The Morgan fingerprint density at radius 2 is 2.10 bits per heavy atom. The second kappa shape index (κ2) is 7.67. The van der Waals surface area contributed by atoms with E-state index in [-0.39, 0.29) is 17.9 Å². The first kappa shape index (κ1) is 15.4. The Balaban J connectivity index is 1.79. The van der Waals surface area contributed by atoms with E-state index >= 15 is 0 Å². The predicted molar refractivity (Wildman–Crippen MR) is 80.1 cm³/mol. The summed E-state index contributed by atoms with van der Waals surface area (Å²) >= 11 is 0. The molecular weight excluding hydrogens is 268 g/mol. The van der Waals surface area contributed by atoms with Gasteiger partial charge < -0.3 is 15.4 Å². The van der Waals surface area contributed by atoms with E-state index in [2.05, 4.69) is 10.6 Å². The summed E-state index contributed by atoms with van der Waals surface area (Å²) in [6.45, 7) is 0.705. The third-order valence-electron chi connectivity index (χ3n) is 3.67. The average Bonchev–Trinajstić information content (AvgIpc) is 2.71. The first-order chi connectivity index (χ1) is 10.2. The van der Waals surface area contributed by atoms with E-state index in [9.17, 15) is 9.59 Å². The minimum Gasteiger partial charge on any atom is -0.497 e. The van der Waals surface area contributed by atoms with Crippen molar-refractivity contribution in [3.63, 3.8) is 0 Å². The summed E-state index contributed by atoms with van der Waals surface area (Å²) in [7, 11) is 1.63. The summed E-state index contributed by atoms with van der Waals surface area (Å²) in [5.41, 5.74) is 1.08. The van der Waals surface area contributed by atoms with Crippen molar-refractivity contribution in [1.82, 2.24) is 10.6 Å². The highest BCUT2D eigenvalue weighted by atomic mass is 16.5. The Bertz CT molecular complexity index is 485. The SMILES string of the molecule is COc1ccc(CCC(=O)NC2CCCCNC2=O)cc1. The number of ether oxygens (including phenoxy) is 1. The Morgan fingerprint density at radius 1 is 1.33 bits per heavy atom. The zero-order chi connectivity index (χ0) is 15.1. The molecule has 2 rings (SSSR count). The van der Waals surface area contributed by atoms with Gasteiger partial charge >= 0.3 is 0 Å². The van der Waals surface area contributed by atoms with Crippen LogP contribution in [0.3, 0.4) is 0 Å². The zero-order valence-corrected chi connectivity index (χ0v) is 12.4. The quantitative estimate of drug-likeness (QED) is 0.861. The number of aryl methyl sites for hydroxylation is 1. The Kier molecular flexibility index (Phi) is 5.60. The van der Waals surface area contributed by atoms with E-state index in [1.54, 1.807) is 7.11 Å². The highest BCUT2D eigenvalue weighted by Gasteiger charge is 2.21. The van der Waals surface area contributed by atoms with Crippen molar-refractivity contribution in [2.75, 3.05) is 13.7 Å². The van der Waals surface area contributed by atoms with Gasteiger partial charge in [0, 0.05) is 13.0 Å². The summed E-state index contributed by atoms with van der Waals surface area (Å²) in [4.78, 5) is 23.7. The minimum absolute atomic E-state index is 0.0645. The van der Waals surface area contributed by atoms with Crippen LogP contribution in [0.25, 0.3) is 0 Å². The standard InChI is InChI=1S/C16H22N2O3/c1-21-13-8-5-12(6-9-13)7-10-15(19)18-14-4-2-3-11-17-16(14)20/h5-6,8-9,14H,2-4,7,10-11H2,1H3,(H,17,20)(H,18,19). The number of hydrogen-bond donors (Lipinski definition) is 2. The number of hydrogen-bond acceptors (Lipinski definition) is 3. The molecule has 0 aromatic heterocycles. The fourth-order valence-electron chi connectivity index (χ4n) is 2.39.